The normalized spacial score (nSPS) is 13.1. The van der Waals surface area contributed by atoms with E-state index in [0.717, 1.165) is 46.3 Å². The molecule has 4 aromatic rings. The largest absolute Gasteiger partial charge is 0.354 e. The van der Waals surface area contributed by atoms with Gasteiger partial charge >= 0.3 is 0 Å². The van der Waals surface area contributed by atoms with Gasteiger partial charge in [-0.25, -0.2) is 4.39 Å². The second-order valence-electron chi connectivity index (χ2n) is 8.42. The maximum Gasteiger partial charge on any atom is 0.227 e. The second kappa shape index (κ2) is 8.90. The molecule has 1 heterocycles. The van der Waals surface area contributed by atoms with Gasteiger partial charge in [0.2, 0.25) is 11.8 Å². The first-order valence-corrected chi connectivity index (χ1v) is 11.1. The Labute approximate surface area is 191 Å². The van der Waals surface area contributed by atoms with Crippen LogP contribution >= 0.6 is 0 Å². The molecular formula is C27H24FN3O2. The molecule has 0 spiro atoms. The number of fused-ring (bicyclic) bond motifs is 1. The van der Waals surface area contributed by atoms with Crippen molar-refractivity contribution < 1.29 is 14.0 Å². The van der Waals surface area contributed by atoms with Gasteiger partial charge in [-0.2, -0.15) is 0 Å². The third-order valence-electron chi connectivity index (χ3n) is 5.93. The summed E-state index contributed by atoms with van der Waals surface area (Å²) in [5.41, 5.74) is 5.21. The van der Waals surface area contributed by atoms with Gasteiger partial charge in [0.1, 0.15) is 5.82 Å². The monoisotopic (exact) mass is 441 g/mol. The van der Waals surface area contributed by atoms with Gasteiger partial charge in [-0.05, 0) is 85.0 Å². The van der Waals surface area contributed by atoms with Crippen LogP contribution in [-0.2, 0) is 16.0 Å². The maximum absolute atomic E-state index is 13.4. The Morgan fingerprint density at radius 1 is 0.879 bits per heavy atom. The number of aromatic amines is 1. The van der Waals surface area contributed by atoms with Crippen LogP contribution in [0.2, 0.25) is 0 Å². The molecule has 1 aliphatic rings. The van der Waals surface area contributed by atoms with Crippen molar-refractivity contribution in [2.75, 3.05) is 10.6 Å². The third kappa shape index (κ3) is 4.80. The summed E-state index contributed by atoms with van der Waals surface area (Å²) in [4.78, 5) is 27.9. The Bertz CT molecular complexity index is 1310. The standard InChI is InChI=1S/C27H24FN3O2/c28-19-9-7-17(8-10-19)26-23(22-3-1-2-4-24(22)31-26)15-16-25(32)29-20-11-13-21(14-12-20)30-27(33)18-5-6-18/h1-4,7-14,18,31H,5-6,15-16H2,(H,29,32)(H,30,33). The topological polar surface area (TPSA) is 74.0 Å². The molecule has 2 amide bonds. The molecule has 33 heavy (non-hydrogen) atoms. The van der Waals surface area contributed by atoms with Crippen molar-refractivity contribution in [1.82, 2.24) is 4.98 Å². The number of amides is 2. The summed E-state index contributed by atoms with van der Waals surface area (Å²) in [6.45, 7) is 0. The lowest BCUT2D eigenvalue weighted by Crippen LogP contribution is -2.14. The van der Waals surface area contributed by atoms with E-state index in [1.54, 1.807) is 36.4 Å². The average Bonchev–Trinajstić information content (AvgIpc) is 3.61. The van der Waals surface area contributed by atoms with Crippen molar-refractivity contribution in [2.24, 2.45) is 5.92 Å². The predicted octanol–water partition coefficient (Wildman–Crippen LogP) is 5.89. The van der Waals surface area contributed by atoms with Crippen molar-refractivity contribution >= 4 is 34.1 Å². The summed E-state index contributed by atoms with van der Waals surface area (Å²) >= 11 is 0. The van der Waals surface area contributed by atoms with Gasteiger partial charge in [0.25, 0.3) is 0 Å². The average molecular weight is 442 g/mol. The molecule has 0 radical (unpaired) electrons. The van der Waals surface area contributed by atoms with Crippen molar-refractivity contribution in [2.45, 2.75) is 25.7 Å². The zero-order valence-corrected chi connectivity index (χ0v) is 18.0. The number of H-pyrrole nitrogens is 1. The second-order valence-corrected chi connectivity index (χ2v) is 8.42. The number of rotatable bonds is 7. The molecule has 0 atom stereocenters. The van der Waals surface area contributed by atoms with Crippen molar-refractivity contribution in [3.63, 3.8) is 0 Å². The van der Waals surface area contributed by atoms with Crippen molar-refractivity contribution in [3.05, 3.63) is 84.2 Å². The first kappa shape index (κ1) is 20.9. The minimum absolute atomic E-state index is 0.0578. The van der Waals surface area contributed by atoms with Crippen LogP contribution in [0, 0.1) is 11.7 Å². The van der Waals surface area contributed by atoms with Crippen LogP contribution in [0.4, 0.5) is 15.8 Å². The summed E-state index contributed by atoms with van der Waals surface area (Å²) in [7, 11) is 0. The number of carbonyl (C=O) groups is 2. The molecule has 0 unspecified atom stereocenters. The molecule has 3 aromatic carbocycles. The highest BCUT2D eigenvalue weighted by molar-refractivity contribution is 5.96. The smallest absolute Gasteiger partial charge is 0.227 e. The Kier molecular flexibility index (Phi) is 5.65. The number of carbonyl (C=O) groups excluding carboxylic acids is 2. The zero-order chi connectivity index (χ0) is 22.8. The molecule has 6 heteroatoms. The number of nitrogens with one attached hydrogen (secondary N) is 3. The highest BCUT2D eigenvalue weighted by Gasteiger charge is 2.29. The van der Waals surface area contributed by atoms with Crippen LogP contribution in [0.3, 0.4) is 0 Å². The van der Waals surface area contributed by atoms with Gasteiger partial charge in [0, 0.05) is 40.3 Å². The van der Waals surface area contributed by atoms with Crippen LogP contribution in [-0.4, -0.2) is 16.8 Å². The summed E-state index contributed by atoms with van der Waals surface area (Å²) in [6.07, 6.45) is 2.76. The van der Waals surface area contributed by atoms with E-state index in [-0.39, 0.29) is 23.5 Å². The van der Waals surface area contributed by atoms with Gasteiger partial charge in [-0.1, -0.05) is 18.2 Å². The third-order valence-corrected chi connectivity index (χ3v) is 5.93. The Morgan fingerprint density at radius 2 is 1.55 bits per heavy atom. The molecule has 5 nitrogen and oxygen atoms in total. The number of aryl methyl sites for hydroxylation is 1. The molecule has 166 valence electrons. The van der Waals surface area contributed by atoms with E-state index in [2.05, 4.69) is 15.6 Å². The summed E-state index contributed by atoms with van der Waals surface area (Å²) in [5.74, 6) is -0.176. The van der Waals surface area contributed by atoms with Crippen LogP contribution < -0.4 is 10.6 Å². The number of para-hydroxylation sites is 1. The number of hydrogen-bond donors (Lipinski definition) is 3. The summed E-state index contributed by atoms with van der Waals surface area (Å²) < 4.78 is 13.4. The van der Waals surface area contributed by atoms with Crippen LogP contribution in [0.1, 0.15) is 24.8 Å². The molecule has 1 aliphatic carbocycles. The maximum atomic E-state index is 13.4. The molecular weight excluding hydrogens is 417 g/mol. The molecule has 3 N–H and O–H groups in total. The fourth-order valence-electron chi connectivity index (χ4n) is 4.01. The first-order valence-electron chi connectivity index (χ1n) is 11.1. The van der Waals surface area contributed by atoms with Gasteiger partial charge in [-0.15, -0.1) is 0 Å². The molecule has 5 rings (SSSR count). The summed E-state index contributed by atoms with van der Waals surface area (Å²) in [5, 5.41) is 6.87. The molecule has 0 bridgehead atoms. The van der Waals surface area contributed by atoms with E-state index < -0.39 is 0 Å². The Balaban J connectivity index is 1.27. The van der Waals surface area contributed by atoms with Crippen LogP contribution in [0.15, 0.2) is 72.8 Å². The number of anilines is 2. The van der Waals surface area contributed by atoms with Gasteiger partial charge in [0.15, 0.2) is 0 Å². The fraction of sp³-hybridized carbons (Fsp3) is 0.185. The zero-order valence-electron chi connectivity index (χ0n) is 18.0. The van der Waals surface area contributed by atoms with E-state index in [4.69, 9.17) is 0 Å². The lowest BCUT2D eigenvalue weighted by molar-refractivity contribution is -0.117. The highest BCUT2D eigenvalue weighted by Crippen LogP contribution is 2.32. The molecule has 1 fully saturated rings. The van der Waals surface area contributed by atoms with Crippen LogP contribution in [0.5, 0.6) is 0 Å². The SMILES string of the molecule is O=C(CCc1c(-c2ccc(F)cc2)[nH]c2ccccc12)Nc1ccc(NC(=O)C2CC2)cc1. The number of aromatic nitrogens is 1. The Morgan fingerprint density at radius 3 is 2.24 bits per heavy atom. The van der Waals surface area contributed by atoms with Crippen LogP contribution in [0.25, 0.3) is 22.2 Å². The Hall–Kier alpha value is -3.93. The fourth-order valence-corrected chi connectivity index (χ4v) is 4.01. The van der Waals surface area contributed by atoms with Gasteiger partial charge < -0.3 is 15.6 Å². The van der Waals surface area contributed by atoms with Crippen molar-refractivity contribution in [3.8, 4) is 11.3 Å². The molecule has 1 saturated carbocycles. The lowest BCUT2D eigenvalue weighted by atomic mass is 10.0. The van der Waals surface area contributed by atoms with Gasteiger partial charge in [0.05, 0.1) is 0 Å². The number of benzene rings is 3. The predicted molar refractivity (Wildman–Crippen MR) is 128 cm³/mol. The van der Waals surface area contributed by atoms with E-state index in [1.807, 2.05) is 24.3 Å². The van der Waals surface area contributed by atoms with E-state index >= 15 is 0 Å². The van der Waals surface area contributed by atoms with E-state index in [0.29, 0.717) is 18.5 Å². The van der Waals surface area contributed by atoms with Gasteiger partial charge in [-0.3, -0.25) is 9.59 Å². The highest BCUT2D eigenvalue weighted by atomic mass is 19.1. The lowest BCUT2D eigenvalue weighted by Gasteiger charge is -2.09. The number of halogens is 1. The quantitative estimate of drug-likeness (QED) is 0.334. The summed E-state index contributed by atoms with van der Waals surface area (Å²) in [6, 6.07) is 21.5. The minimum atomic E-state index is -0.283. The molecule has 0 aliphatic heterocycles. The van der Waals surface area contributed by atoms with Crippen molar-refractivity contribution in [1.29, 1.82) is 0 Å². The molecule has 1 aromatic heterocycles. The van der Waals surface area contributed by atoms with E-state index in [1.165, 1.54) is 12.1 Å². The first-order chi connectivity index (χ1) is 16.1. The minimum Gasteiger partial charge on any atom is -0.354 e. The molecule has 0 saturated heterocycles. The van der Waals surface area contributed by atoms with E-state index in [9.17, 15) is 14.0 Å². The number of hydrogen-bond acceptors (Lipinski definition) is 2.